The molecule has 0 saturated heterocycles. The number of carbonyl (C=O) groups is 2. The van der Waals surface area contributed by atoms with Gasteiger partial charge in [-0.05, 0) is 48.2 Å². The zero-order valence-corrected chi connectivity index (χ0v) is 17.2. The molecule has 0 unspecified atom stereocenters. The molecule has 0 aliphatic carbocycles. The first-order valence-electron chi connectivity index (χ1n) is 8.90. The monoisotopic (exact) mass is 422 g/mol. The summed E-state index contributed by atoms with van der Waals surface area (Å²) in [6.45, 7) is 4.64. The third-order valence-corrected chi connectivity index (χ3v) is 5.50. The Morgan fingerprint density at radius 3 is 2.38 bits per heavy atom. The average Bonchev–Trinajstić information content (AvgIpc) is 2.66. The van der Waals surface area contributed by atoms with Crippen molar-refractivity contribution in [1.82, 2.24) is 4.72 Å². The van der Waals surface area contributed by atoms with Crippen molar-refractivity contribution in [3.8, 4) is 0 Å². The van der Waals surface area contributed by atoms with E-state index in [1.807, 2.05) is 43.7 Å². The SMILES string of the molecule is Cc1cccc(C(C)C)c1NC(=O)COC(=O)CNS(=O)(=O)c1ccc(F)cc1. The minimum absolute atomic E-state index is 0.189. The summed E-state index contributed by atoms with van der Waals surface area (Å²) in [6, 6.07) is 9.80. The van der Waals surface area contributed by atoms with Gasteiger partial charge in [0.25, 0.3) is 5.91 Å². The highest BCUT2D eigenvalue weighted by atomic mass is 32.2. The third-order valence-electron chi connectivity index (χ3n) is 4.09. The van der Waals surface area contributed by atoms with Gasteiger partial charge in [-0.1, -0.05) is 32.0 Å². The molecule has 7 nitrogen and oxygen atoms in total. The van der Waals surface area contributed by atoms with Gasteiger partial charge in [-0.15, -0.1) is 0 Å². The van der Waals surface area contributed by atoms with Crippen LogP contribution in [0.1, 0.15) is 30.9 Å². The van der Waals surface area contributed by atoms with Gasteiger partial charge in [0.15, 0.2) is 6.61 Å². The summed E-state index contributed by atoms with van der Waals surface area (Å²) in [6.07, 6.45) is 0. The van der Waals surface area contributed by atoms with E-state index in [4.69, 9.17) is 4.74 Å². The maximum absolute atomic E-state index is 12.9. The summed E-state index contributed by atoms with van der Waals surface area (Å²) in [5.74, 6) is -1.84. The Balaban J connectivity index is 1.88. The number of rotatable bonds is 8. The molecule has 1 amide bonds. The highest BCUT2D eigenvalue weighted by Gasteiger charge is 2.17. The van der Waals surface area contributed by atoms with E-state index in [1.165, 1.54) is 0 Å². The summed E-state index contributed by atoms with van der Waals surface area (Å²) in [5, 5.41) is 2.73. The van der Waals surface area contributed by atoms with Crippen LogP contribution in [0.3, 0.4) is 0 Å². The van der Waals surface area contributed by atoms with Crippen LogP contribution in [0, 0.1) is 12.7 Å². The second-order valence-electron chi connectivity index (χ2n) is 6.68. The fourth-order valence-electron chi connectivity index (χ4n) is 2.57. The van der Waals surface area contributed by atoms with Crippen LogP contribution in [0.4, 0.5) is 10.1 Å². The molecule has 0 bridgehead atoms. The number of ether oxygens (including phenoxy) is 1. The number of aryl methyl sites for hydroxylation is 1. The highest BCUT2D eigenvalue weighted by Crippen LogP contribution is 2.27. The largest absolute Gasteiger partial charge is 0.455 e. The Kier molecular flexibility index (Phi) is 7.46. The molecule has 0 radical (unpaired) electrons. The summed E-state index contributed by atoms with van der Waals surface area (Å²) in [4.78, 5) is 23.7. The zero-order chi connectivity index (χ0) is 21.6. The van der Waals surface area contributed by atoms with E-state index in [2.05, 4.69) is 5.32 Å². The average molecular weight is 422 g/mol. The van der Waals surface area contributed by atoms with E-state index in [9.17, 15) is 22.4 Å². The highest BCUT2D eigenvalue weighted by molar-refractivity contribution is 7.89. The van der Waals surface area contributed by atoms with E-state index in [-0.39, 0.29) is 10.8 Å². The third kappa shape index (κ3) is 6.37. The molecule has 0 atom stereocenters. The number of anilines is 1. The van der Waals surface area contributed by atoms with Gasteiger partial charge in [-0.25, -0.2) is 12.8 Å². The number of hydrogen-bond acceptors (Lipinski definition) is 5. The molecule has 29 heavy (non-hydrogen) atoms. The normalized spacial score (nSPS) is 11.3. The second-order valence-corrected chi connectivity index (χ2v) is 8.45. The molecular weight excluding hydrogens is 399 g/mol. The first kappa shape index (κ1) is 22.5. The van der Waals surface area contributed by atoms with Gasteiger partial charge in [0, 0.05) is 5.69 Å². The Morgan fingerprint density at radius 1 is 1.10 bits per heavy atom. The summed E-state index contributed by atoms with van der Waals surface area (Å²) >= 11 is 0. The van der Waals surface area contributed by atoms with Gasteiger partial charge in [-0.3, -0.25) is 9.59 Å². The van der Waals surface area contributed by atoms with Crippen LogP contribution >= 0.6 is 0 Å². The predicted molar refractivity (Wildman–Crippen MR) is 106 cm³/mol. The number of carbonyl (C=O) groups excluding carboxylic acids is 2. The van der Waals surface area contributed by atoms with Crippen molar-refractivity contribution in [2.75, 3.05) is 18.5 Å². The lowest BCUT2D eigenvalue weighted by molar-refractivity contribution is -0.146. The lowest BCUT2D eigenvalue weighted by atomic mass is 9.98. The van der Waals surface area contributed by atoms with E-state index < -0.39 is 40.9 Å². The standard InChI is InChI=1S/C20H23FN2O5S/c1-13(2)17-6-4-5-14(3)20(17)23-18(24)12-28-19(25)11-22-29(26,27)16-9-7-15(21)8-10-16/h4-10,13,22H,11-12H2,1-3H3,(H,23,24). The zero-order valence-electron chi connectivity index (χ0n) is 16.4. The molecule has 9 heteroatoms. The predicted octanol–water partition coefficient (Wildman–Crippen LogP) is 2.72. The number of esters is 1. The number of nitrogens with one attached hydrogen (secondary N) is 2. The number of para-hydroxylation sites is 1. The van der Waals surface area contributed by atoms with E-state index in [0.717, 1.165) is 35.4 Å². The van der Waals surface area contributed by atoms with Crippen LogP contribution in [-0.4, -0.2) is 33.4 Å². The van der Waals surface area contributed by atoms with Crippen molar-refractivity contribution in [3.05, 3.63) is 59.4 Å². The summed E-state index contributed by atoms with van der Waals surface area (Å²) in [7, 11) is -4.00. The van der Waals surface area contributed by atoms with E-state index in [1.54, 1.807) is 0 Å². The van der Waals surface area contributed by atoms with Crippen molar-refractivity contribution in [1.29, 1.82) is 0 Å². The molecule has 2 aromatic carbocycles. The van der Waals surface area contributed by atoms with Crippen molar-refractivity contribution >= 4 is 27.6 Å². The molecule has 156 valence electrons. The molecular formula is C20H23FN2O5S. The van der Waals surface area contributed by atoms with E-state index in [0.29, 0.717) is 5.69 Å². The molecule has 0 saturated carbocycles. The van der Waals surface area contributed by atoms with Gasteiger partial charge < -0.3 is 10.1 Å². The van der Waals surface area contributed by atoms with E-state index >= 15 is 0 Å². The topological polar surface area (TPSA) is 102 Å². The number of benzene rings is 2. The van der Waals surface area contributed by atoms with Crippen LogP contribution in [0.25, 0.3) is 0 Å². The molecule has 2 N–H and O–H groups in total. The molecule has 0 aliphatic heterocycles. The smallest absolute Gasteiger partial charge is 0.321 e. The minimum Gasteiger partial charge on any atom is -0.455 e. The van der Waals surface area contributed by atoms with Crippen LogP contribution < -0.4 is 10.0 Å². The molecule has 0 heterocycles. The first-order chi connectivity index (χ1) is 13.6. The van der Waals surface area contributed by atoms with Crippen LogP contribution in [0.15, 0.2) is 47.4 Å². The molecule has 2 rings (SSSR count). The molecule has 0 aromatic heterocycles. The number of hydrogen-bond donors (Lipinski definition) is 2. The minimum atomic E-state index is -4.00. The number of halogens is 1. The van der Waals surface area contributed by atoms with Crippen LogP contribution in [0.2, 0.25) is 0 Å². The Hall–Kier alpha value is -2.78. The molecule has 2 aromatic rings. The van der Waals surface area contributed by atoms with Gasteiger partial charge in [0.05, 0.1) is 4.90 Å². The maximum Gasteiger partial charge on any atom is 0.321 e. The van der Waals surface area contributed by atoms with Gasteiger partial charge >= 0.3 is 5.97 Å². The Bertz CT molecular complexity index is 988. The van der Waals surface area contributed by atoms with Crippen molar-refractivity contribution in [3.63, 3.8) is 0 Å². The summed E-state index contributed by atoms with van der Waals surface area (Å²) < 4.78 is 43.9. The van der Waals surface area contributed by atoms with Crippen molar-refractivity contribution < 1.29 is 27.1 Å². The second kappa shape index (κ2) is 9.62. The van der Waals surface area contributed by atoms with Crippen LogP contribution in [0.5, 0.6) is 0 Å². The first-order valence-corrected chi connectivity index (χ1v) is 10.4. The molecule has 0 fully saturated rings. The van der Waals surface area contributed by atoms with Gasteiger partial charge in [0.1, 0.15) is 12.4 Å². The fourth-order valence-corrected chi connectivity index (χ4v) is 3.53. The number of sulfonamides is 1. The quantitative estimate of drug-likeness (QED) is 0.637. The molecule has 0 spiro atoms. The fraction of sp³-hybridized carbons (Fsp3) is 0.300. The lowest BCUT2D eigenvalue weighted by Crippen LogP contribution is -2.32. The number of amides is 1. The Morgan fingerprint density at radius 2 is 1.76 bits per heavy atom. The van der Waals surface area contributed by atoms with Crippen LogP contribution in [-0.2, 0) is 24.3 Å². The van der Waals surface area contributed by atoms with Crippen molar-refractivity contribution in [2.24, 2.45) is 0 Å². The van der Waals surface area contributed by atoms with Gasteiger partial charge in [0.2, 0.25) is 10.0 Å². The maximum atomic E-state index is 12.9. The van der Waals surface area contributed by atoms with Crippen molar-refractivity contribution in [2.45, 2.75) is 31.6 Å². The molecule has 0 aliphatic rings. The Labute approximate surface area is 169 Å². The lowest BCUT2D eigenvalue weighted by Gasteiger charge is -2.16. The van der Waals surface area contributed by atoms with Gasteiger partial charge in [-0.2, -0.15) is 4.72 Å². The summed E-state index contributed by atoms with van der Waals surface area (Å²) in [5.41, 5.74) is 2.50.